The highest BCUT2D eigenvalue weighted by Crippen LogP contribution is 2.25. The highest BCUT2D eigenvalue weighted by molar-refractivity contribution is 6.73. The van der Waals surface area contributed by atoms with Crippen LogP contribution in [-0.4, -0.2) is 13.6 Å². The van der Waals surface area contributed by atoms with Crippen molar-refractivity contribution in [3.63, 3.8) is 0 Å². The average Bonchev–Trinajstić information content (AvgIpc) is 2.78. The molecular weight excluding hydrogens is 228 g/mol. The lowest BCUT2D eigenvalue weighted by atomic mass is 9.80. The van der Waals surface area contributed by atoms with E-state index in [1.54, 1.807) is 0 Å². The minimum absolute atomic E-state index is 0.528. The van der Waals surface area contributed by atoms with Crippen LogP contribution in [-0.2, 0) is 0 Å². The number of ether oxygens (including phenoxy) is 1. The second kappa shape index (κ2) is 5.02. The van der Waals surface area contributed by atoms with Gasteiger partial charge in [-0.2, -0.15) is 0 Å². The molecule has 1 aliphatic rings. The Bertz CT molecular complexity index is 355. The van der Waals surface area contributed by atoms with E-state index < -0.39 is 12.4 Å². The van der Waals surface area contributed by atoms with Gasteiger partial charge in [-0.05, 0) is 30.9 Å². The molecule has 1 aromatic carbocycles. The molecule has 0 atom stereocenters. The van der Waals surface area contributed by atoms with Gasteiger partial charge in [-0.1, -0.05) is 25.0 Å². The van der Waals surface area contributed by atoms with Crippen molar-refractivity contribution in [1.29, 1.82) is 0 Å². The van der Waals surface area contributed by atoms with Crippen molar-refractivity contribution in [2.24, 2.45) is 5.92 Å². The predicted octanol–water partition coefficient (Wildman–Crippen LogP) is 3.31. The first-order chi connectivity index (χ1) is 8.05. The van der Waals surface area contributed by atoms with Crippen LogP contribution in [0.4, 0.5) is 12.9 Å². The lowest BCUT2D eigenvalue weighted by Crippen LogP contribution is -2.33. The summed E-state index contributed by atoms with van der Waals surface area (Å²) in [5.41, 5.74) is -0.571. The lowest BCUT2D eigenvalue weighted by Gasteiger charge is -2.16. The molecule has 0 N–H and O–H groups in total. The standard InChI is InChI=1S/C12H15BF3O/c14-13(15,16)11-5-7-12(8-6-11)17-9-10-3-1-2-4-10/h5-8,10H,1-4,9H2/q-1. The Morgan fingerprint density at radius 3 is 2.18 bits per heavy atom. The van der Waals surface area contributed by atoms with Crippen LogP contribution in [0.15, 0.2) is 24.3 Å². The van der Waals surface area contributed by atoms with Gasteiger partial charge in [-0.25, -0.2) is 0 Å². The Labute approximate surface area is 99.0 Å². The van der Waals surface area contributed by atoms with Crippen LogP contribution in [0.3, 0.4) is 0 Å². The highest BCUT2D eigenvalue weighted by atomic mass is 19.4. The summed E-state index contributed by atoms with van der Waals surface area (Å²) in [6.45, 7) is -4.28. The predicted molar refractivity (Wildman–Crippen MR) is 62.6 cm³/mol. The molecule has 2 rings (SSSR count). The molecule has 1 aromatic rings. The van der Waals surface area contributed by atoms with Gasteiger partial charge in [0.1, 0.15) is 5.75 Å². The molecule has 0 radical (unpaired) electrons. The highest BCUT2D eigenvalue weighted by Gasteiger charge is 2.25. The molecule has 0 saturated heterocycles. The first kappa shape index (κ1) is 12.3. The van der Waals surface area contributed by atoms with Crippen molar-refractivity contribution in [3.05, 3.63) is 24.3 Å². The van der Waals surface area contributed by atoms with Gasteiger partial charge in [0.05, 0.1) is 6.61 Å². The first-order valence-electron chi connectivity index (χ1n) is 5.98. The van der Waals surface area contributed by atoms with E-state index in [9.17, 15) is 12.9 Å². The van der Waals surface area contributed by atoms with E-state index in [0.29, 0.717) is 18.3 Å². The summed E-state index contributed by atoms with van der Waals surface area (Å²) < 4.78 is 42.6. The van der Waals surface area contributed by atoms with Crippen LogP contribution in [0.25, 0.3) is 0 Å². The van der Waals surface area contributed by atoms with Gasteiger partial charge in [0, 0.05) is 0 Å². The Morgan fingerprint density at radius 1 is 1.06 bits per heavy atom. The molecule has 0 aromatic heterocycles. The number of benzene rings is 1. The van der Waals surface area contributed by atoms with Crippen molar-refractivity contribution in [2.75, 3.05) is 6.61 Å². The number of rotatable bonds is 4. The third-order valence-electron chi connectivity index (χ3n) is 3.22. The Morgan fingerprint density at radius 2 is 1.65 bits per heavy atom. The molecular formula is C12H15BF3O-. The van der Waals surface area contributed by atoms with Crippen LogP contribution in [0.5, 0.6) is 5.75 Å². The summed E-state index contributed by atoms with van der Waals surface area (Å²) in [5, 5.41) is 0. The number of hydrogen-bond acceptors (Lipinski definition) is 1. The van der Waals surface area contributed by atoms with E-state index in [2.05, 4.69) is 0 Å². The summed E-state index contributed by atoms with van der Waals surface area (Å²) in [7, 11) is 0. The largest absolute Gasteiger partial charge is 0.509 e. The molecule has 1 nitrogen and oxygen atoms in total. The normalized spacial score (nSPS) is 17.4. The number of halogens is 3. The van der Waals surface area contributed by atoms with Crippen LogP contribution in [0.1, 0.15) is 25.7 Å². The zero-order chi connectivity index (χ0) is 12.3. The summed E-state index contributed by atoms with van der Waals surface area (Å²) in [6.07, 6.45) is 4.82. The quantitative estimate of drug-likeness (QED) is 0.737. The van der Waals surface area contributed by atoms with Crippen LogP contribution < -0.4 is 10.2 Å². The van der Waals surface area contributed by atoms with E-state index >= 15 is 0 Å². The summed E-state index contributed by atoms with van der Waals surface area (Å²) in [6, 6.07) is 4.98. The molecule has 0 spiro atoms. The van der Waals surface area contributed by atoms with Crippen molar-refractivity contribution >= 4 is 12.4 Å². The second-order valence-electron chi connectivity index (χ2n) is 4.61. The summed E-state index contributed by atoms with van der Waals surface area (Å²) in [4.78, 5) is 0. The maximum atomic E-state index is 12.4. The van der Waals surface area contributed by atoms with E-state index in [1.807, 2.05) is 0 Å². The molecule has 0 heterocycles. The number of hydrogen-bond donors (Lipinski definition) is 0. The third-order valence-corrected chi connectivity index (χ3v) is 3.22. The molecule has 1 fully saturated rings. The zero-order valence-corrected chi connectivity index (χ0v) is 9.54. The molecule has 0 unspecified atom stereocenters. The Balaban J connectivity index is 1.89. The lowest BCUT2D eigenvalue weighted by molar-refractivity contribution is 0.252. The minimum Gasteiger partial charge on any atom is -0.493 e. The van der Waals surface area contributed by atoms with Gasteiger partial charge in [-0.3, -0.25) is 0 Å². The zero-order valence-electron chi connectivity index (χ0n) is 9.54. The molecule has 1 aliphatic carbocycles. The van der Waals surface area contributed by atoms with Gasteiger partial charge < -0.3 is 17.7 Å². The van der Waals surface area contributed by atoms with Gasteiger partial charge in [0.25, 0.3) is 0 Å². The van der Waals surface area contributed by atoms with Crippen molar-refractivity contribution < 1.29 is 17.7 Å². The van der Waals surface area contributed by atoms with E-state index in [1.165, 1.54) is 37.8 Å². The molecule has 0 amide bonds. The van der Waals surface area contributed by atoms with Crippen molar-refractivity contribution in [3.8, 4) is 5.75 Å². The fraction of sp³-hybridized carbons (Fsp3) is 0.500. The van der Waals surface area contributed by atoms with Gasteiger partial charge in [0.15, 0.2) is 0 Å². The second-order valence-corrected chi connectivity index (χ2v) is 4.61. The van der Waals surface area contributed by atoms with Crippen LogP contribution >= 0.6 is 0 Å². The summed E-state index contributed by atoms with van der Waals surface area (Å²) in [5.74, 6) is 1.10. The minimum atomic E-state index is -4.90. The fourth-order valence-electron chi connectivity index (χ4n) is 2.17. The van der Waals surface area contributed by atoms with Crippen molar-refractivity contribution in [2.45, 2.75) is 25.7 Å². The average molecular weight is 243 g/mol. The van der Waals surface area contributed by atoms with Crippen LogP contribution in [0, 0.1) is 5.92 Å². The Hall–Kier alpha value is -1.13. The topological polar surface area (TPSA) is 9.23 Å². The van der Waals surface area contributed by atoms with Gasteiger partial charge >= 0.3 is 6.98 Å². The molecule has 0 bridgehead atoms. The molecule has 94 valence electrons. The third kappa shape index (κ3) is 3.41. The molecule has 1 saturated carbocycles. The first-order valence-corrected chi connectivity index (χ1v) is 5.98. The SMILES string of the molecule is F[B-](F)(F)c1ccc(OCC2CCCC2)cc1. The monoisotopic (exact) mass is 243 g/mol. The maximum Gasteiger partial charge on any atom is 0.509 e. The van der Waals surface area contributed by atoms with E-state index in [0.717, 1.165) is 12.1 Å². The Kier molecular flexibility index (Phi) is 3.65. The van der Waals surface area contributed by atoms with Gasteiger partial charge in [0.2, 0.25) is 0 Å². The molecule has 5 heteroatoms. The molecule has 0 aliphatic heterocycles. The van der Waals surface area contributed by atoms with Crippen LogP contribution in [0.2, 0.25) is 0 Å². The fourth-order valence-corrected chi connectivity index (χ4v) is 2.17. The smallest absolute Gasteiger partial charge is 0.493 e. The van der Waals surface area contributed by atoms with Crippen molar-refractivity contribution in [1.82, 2.24) is 0 Å². The van der Waals surface area contributed by atoms with Gasteiger partial charge in [-0.15, -0.1) is 5.46 Å². The van der Waals surface area contributed by atoms with E-state index in [4.69, 9.17) is 4.74 Å². The maximum absolute atomic E-state index is 12.4. The molecule has 17 heavy (non-hydrogen) atoms. The van der Waals surface area contributed by atoms with E-state index in [-0.39, 0.29) is 0 Å². The summed E-state index contributed by atoms with van der Waals surface area (Å²) >= 11 is 0.